The molecule has 0 aliphatic carbocycles. The van der Waals surface area contributed by atoms with E-state index in [1.807, 2.05) is 24.3 Å². The van der Waals surface area contributed by atoms with Gasteiger partial charge in [-0.1, -0.05) is 30.3 Å². The summed E-state index contributed by atoms with van der Waals surface area (Å²) in [5, 5.41) is 32.8. The highest BCUT2D eigenvalue weighted by Crippen LogP contribution is 2.35. The van der Waals surface area contributed by atoms with Gasteiger partial charge in [0.2, 0.25) is 0 Å². The number of non-ortho nitro benzene ring substituents is 1. The number of hydrogen-bond donors (Lipinski definition) is 2. The van der Waals surface area contributed by atoms with Gasteiger partial charge in [-0.3, -0.25) is 15.1 Å². The molecular formula is C18H14N2O4. The van der Waals surface area contributed by atoms with Crippen LogP contribution in [0.15, 0.2) is 53.5 Å². The Morgan fingerprint density at radius 3 is 2.62 bits per heavy atom. The van der Waals surface area contributed by atoms with Crippen molar-refractivity contribution in [2.24, 2.45) is 4.99 Å². The first kappa shape index (κ1) is 15.5. The summed E-state index contributed by atoms with van der Waals surface area (Å²) in [6, 6.07) is 13.3. The fourth-order valence-corrected chi connectivity index (χ4v) is 2.50. The van der Waals surface area contributed by atoms with E-state index in [9.17, 15) is 20.3 Å². The van der Waals surface area contributed by atoms with Gasteiger partial charge < -0.3 is 10.2 Å². The van der Waals surface area contributed by atoms with Crippen molar-refractivity contribution in [3.05, 3.63) is 69.8 Å². The number of nitrogens with zero attached hydrogens (tertiary/aromatic N) is 2. The number of phenols is 2. The van der Waals surface area contributed by atoms with Crippen LogP contribution in [-0.2, 0) is 0 Å². The van der Waals surface area contributed by atoms with Crippen LogP contribution < -0.4 is 0 Å². The van der Waals surface area contributed by atoms with Crippen LogP contribution in [0, 0.1) is 17.0 Å². The monoisotopic (exact) mass is 322 g/mol. The highest BCUT2D eigenvalue weighted by atomic mass is 16.6. The van der Waals surface area contributed by atoms with Crippen LogP contribution in [0.5, 0.6) is 11.5 Å². The summed E-state index contributed by atoms with van der Waals surface area (Å²) in [7, 11) is 0. The number of rotatable bonds is 3. The standard InChI is InChI=1S/C18H14N2O4/c1-11-8-13(20(23)24)9-16(18(11)22)19-10-15-14-5-3-2-4-12(14)6-7-17(15)21/h2-10,21-22H,1H3. The Morgan fingerprint density at radius 2 is 1.88 bits per heavy atom. The van der Waals surface area contributed by atoms with Gasteiger partial charge in [-0.25, -0.2) is 0 Å². The maximum Gasteiger partial charge on any atom is 0.272 e. The van der Waals surface area contributed by atoms with Gasteiger partial charge >= 0.3 is 0 Å². The lowest BCUT2D eigenvalue weighted by Gasteiger charge is -2.06. The lowest BCUT2D eigenvalue weighted by atomic mass is 10.0. The third-order valence-corrected chi connectivity index (χ3v) is 3.76. The Bertz CT molecular complexity index is 980. The Balaban J connectivity index is 2.13. The minimum absolute atomic E-state index is 0.0408. The first-order chi connectivity index (χ1) is 11.5. The van der Waals surface area contributed by atoms with Crippen molar-refractivity contribution in [3.8, 4) is 11.5 Å². The van der Waals surface area contributed by atoms with E-state index in [1.54, 1.807) is 19.1 Å². The van der Waals surface area contributed by atoms with Crippen LogP contribution in [0.3, 0.4) is 0 Å². The van der Waals surface area contributed by atoms with Crippen LogP contribution in [0.1, 0.15) is 11.1 Å². The molecular weight excluding hydrogens is 308 g/mol. The van der Waals surface area contributed by atoms with Crippen molar-refractivity contribution in [2.45, 2.75) is 6.92 Å². The summed E-state index contributed by atoms with van der Waals surface area (Å²) in [4.78, 5) is 14.6. The highest BCUT2D eigenvalue weighted by molar-refractivity contribution is 6.03. The number of nitro groups is 1. The smallest absolute Gasteiger partial charge is 0.272 e. The average molecular weight is 322 g/mol. The molecule has 3 rings (SSSR count). The van der Waals surface area contributed by atoms with Crippen molar-refractivity contribution in [3.63, 3.8) is 0 Å². The first-order valence-electron chi connectivity index (χ1n) is 7.20. The van der Waals surface area contributed by atoms with Gasteiger partial charge in [-0.2, -0.15) is 0 Å². The van der Waals surface area contributed by atoms with Crippen LogP contribution >= 0.6 is 0 Å². The maximum atomic E-state index is 11.0. The van der Waals surface area contributed by atoms with Crippen molar-refractivity contribution in [2.75, 3.05) is 0 Å². The van der Waals surface area contributed by atoms with Gasteiger partial charge in [0, 0.05) is 23.9 Å². The minimum atomic E-state index is -0.541. The molecule has 0 atom stereocenters. The summed E-state index contributed by atoms with van der Waals surface area (Å²) < 4.78 is 0. The van der Waals surface area contributed by atoms with E-state index in [1.165, 1.54) is 18.3 Å². The SMILES string of the molecule is Cc1cc([N+](=O)[O-])cc(N=Cc2c(O)ccc3ccccc23)c1O. The molecule has 6 nitrogen and oxygen atoms in total. The van der Waals surface area contributed by atoms with E-state index in [2.05, 4.69) is 4.99 Å². The first-order valence-corrected chi connectivity index (χ1v) is 7.20. The quantitative estimate of drug-likeness (QED) is 0.429. The zero-order valence-corrected chi connectivity index (χ0v) is 12.8. The molecule has 0 heterocycles. The lowest BCUT2D eigenvalue weighted by Crippen LogP contribution is -1.90. The van der Waals surface area contributed by atoms with Crippen LogP contribution in [0.4, 0.5) is 11.4 Å². The van der Waals surface area contributed by atoms with E-state index < -0.39 is 4.92 Å². The summed E-state index contributed by atoms with van der Waals surface area (Å²) in [5.41, 5.74) is 0.767. The van der Waals surface area contributed by atoms with Crippen LogP contribution in [0.2, 0.25) is 0 Å². The molecule has 0 aromatic heterocycles. The predicted molar refractivity (Wildman–Crippen MR) is 92.4 cm³/mol. The van der Waals surface area contributed by atoms with Gasteiger partial charge in [0.1, 0.15) is 17.2 Å². The fraction of sp³-hybridized carbons (Fsp3) is 0.0556. The van der Waals surface area contributed by atoms with E-state index in [0.717, 1.165) is 10.8 Å². The Hall–Kier alpha value is -3.41. The molecule has 3 aromatic rings. The zero-order chi connectivity index (χ0) is 17.3. The molecule has 0 unspecified atom stereocenters. The van der Waals surface area contributed by atoms with E-state index >= 15 is 0 Å². The Kier molecular flexibility index (Phi) is 3.87. The van der Waals surface area contributed by atoms with Gasteiger partial charge in [-0.15, -0.1) is 0 Å². The molecule has 0 bridgehead atoms. The summed E-state index contributed by atoms with van der Waals surface area (Å²) >= 11 is 0. The minimum Gasteiger partial charge on any atom is -0.507 e. The van der Waals surface area contributed by atoms with Crippen molar-refractivity contribution < 1.29 is 15.1 Å². The molecule has 0 saturated carbocycles. The van der Waals surface area contributed by atoms with Gasteiger partial charge in [0.25, 0.3) is 5.69 Å². The second-order valence-electron chi connectivity index (χ2n) is 5.37. The number of aryl methyl sites for hydroxylation is 1. The van der Waals surface area contributed by atoms with E-state index in [4.69, 9.17) is 0 Å². The number of hydrogen-bond acceptors (Lipinski definition) is 5. The Labute approximate surface area is 137 Å². The van der Waals surface area contributed by atoms with Crippen LogP contribution in [-0.4, -0.2) is 21.4 Å². The Morgan fingerprint density at radius 1 is 1.12 bits per heavy atom. The molecule has 0 aliphatic heterocycles. The molecule has 0 spiro atoms. The molecule has 2 N–H and O–H groups in total. The second-order valence-corrected chi connectivity index (χ2v) is 5.37. The van der Waals surface area contributed by atoms with Crippen molar-refractivity contribution in [1.82, 2.24) is 0 Å². The number of fused-ring (bicyclic) bond motifs is 1. The van der Waals surface area contributed by atoms with Gasteiger partial charge in [0.15, 0.2) is 0 Å². The fourth-order valence-electron chi connectivity index (χ4n) is 2.50. The number of benzene rings is 3. The molecule has 120 valence electrons. The lowest BCUT2D eigenvalue weighted by molar-refractivity contribution is -0.384. The second kappa shape index (κ2) is 6.00. The highest BCUT2D eigenvalue weighted by Gasteiger charge is 2.13. The van der Waals surface area contributed by atoms with Crippen LogP contribution in [0.25, 0.3) is 10.8 Å². The van der Waals surface area contributed by atoms with E-state index in [0.29, 0.717) is 11.1 Å². The number of aliphatic imine (C=N–C) groups is 1. The van der Waals surface area contributed by atoms with Crippen molar-refractivity contribution >= 4 is 28.4 Å². The number of aromatic hydroxyl groups is 2. The van der Waals surface area contributed by atoms with Gasteiger partial charge in [0.05, 0.1) is 4.92 Å². The third-order valence-electron chi connectivity index (χ3n) is 3.76. The molecule has 0 aliphatic rings. The largest absolute Gasteiger partial charge is 0.507 e. The number of nitro benzene ring substituents is 1. The molecule has 0 radical (unpaired) electrons. The molecule has 3 aromatic carbocycles. The summed E-state index contributed by atoms with van der Waals surface area (Å²) in [6.45, 7) is 1.57. The molecule has 0 fully saturated rings. The molecule has 6 heteroatoms. The average Bonchev–Trinajstić information content (AvgIpc) is 2.57. The topological polar surface area (TPSA) is 96.0 Å². The summed E-state index contributed by atoms with van der Waals surface area (Å²) in [6.07, 6.45) is 1.40. The van der Waals surface area contributed by atoms with E-state index in [-0.39, 0.29) is 22.9 Å². The normalized spacial score (nSPS) is 11.2. The van der Waals surface area contributed by atoms with Crippen molar-refractivity contribution in [1.29, 1.82) is 0 Å². The molecule has 0 amide bonds. The maximum absolute atomic E-state index is 11.0. The van der Waals surface area contributed by atoms with Gasteiger partial charge in [-0.05, 0) is 29.3 Å². The molecule has 24 heavy (non-hydrogen) atoms. The molecule has 0 saturated heterocycles. The number of phenolic OH excluding ortho intramolecular Hbond substituents is 2. The summed E-state index contributed by atoms with van der Waals surface area (Å²) in [5.74, 6) is -0.0873. The zero-order valence-electron chi connectivity index (χ0n) is 12.8. The third kappa shape index (κ3) is 2.77. The predicted octanol–water partition coefficient (Wildman–Crippen LogP) is 4.22.